The van der Waals surface area contributed by atoms with Crippen LogP contribution in [0, 0.1) is 0 Å². The number of aliphatic hydroxyl groups excluding tert-OH is 1. The van der Waals surface area contributed by atoms with E-state index < -0.39 is 0 Å². The number of hydrogen-bond acceptors (Lipinski definition) is 3. The summed E-state index contributed by atoms with van der Waals surface area (Å²) in [5, 5.41) is 12.4. The van der Waals surface area contributed by atoms with Gasteiger partial charge in [0.05, 0.1) is 5.69 Å². The number of rotatable bonds is 7. The van der Waals surface area contributed by atoms with Crippen molar-refractivity contribution in [1.29, 1.82) is 0 Å². The fraction of sp³-hybridized carbons (Fsp3) is 0.700. The van der Waals surface area contributed by atoms with Crippen LogP contribution in [0.4, 0.5) is 0 Å². The van der Waals surface area contributed by atoms with Crippen molar-refractivity contribution in [1.82, 2.24) is 5.16 Å². The molecule has 1 rings (SSSR count). The fourth-order valence-electron chi connectivity index (χ4n) is 1.31. The maximum atomic E-state index is 8.55. The van der Waals surface area contributed by atoms with Crippen LogP contribution in [0.25, 0.3) is 0 Å². The van der Waals surface area contributed by atoms with Gasteiger partial charge in [-0.1, -0.05) is 24.4 Å². The average molecular weight is 183 g/mol. The Hall–Kier alpha value is -0.830. The second-order valence-corrected chi connectivity index (χ2v) is 3.23. The SMILES string of the molecule is OCCCCCCCc1ccon1. The molecular formula is C10H17NO2. The lowest BCUT2D eigenvalue weighted by atomic mass is 10.1. The predicted octanol–water partition coefficient (Wildman–Crippen LogP) is 2.16. The van der Waals surface area contributed by atoms with E-state index in [0.29, 0.717) is 6.61 Å². The van der Waals surface area contributed by atoms with Gasteiger partial charge in [-0.15, -0.1) is 0 Å². The van der Waals surface area contributed by atoms with Crippen LogP contribution in [0.5, 0.6) is 0 Å². The van der Waals surface area contributed by atoms with Crippen molar-refractivity contribution < 1.29 is 9.63 Å². The smallest absolute Gasteiger partial charge is 0.124 e. The zero-order valence-corrected chi connectivity index (χ0v) is 7.91. The molecule has 0 unspecified atom stereocenters. The first kappa shape index (κ1) is 10.3. The number of aromatic nitrogens is 1. The third-order valence-corrected chi connectivity index (χ3v) is 2.08. The third-order valence-electron chi connectivity index (χ3n) is 2.08. The molecular weight excluding hydrogens is 166 g/mol. The molecule has 0 aliphatic rings. The summed E-state index contributed by atoms with van der Waals surface area (Å²) in [4.78, 5) is 0. The van der Waals surface area contributed by atoms with E-state index in [1.54, 1.807) is 6.26 Å². The van der Waals surface area contributed by atoms with Crippen LogP contribution in [0.3, 0.4) is 0 Å². The van der Waals surface area contributed by atoms with Crippen LogP contribution >= 0.6 is 0 Å². The highest BCUT2D eigenvalue weighted by molar-refractivity contribution is 4.94. The number of nitrogens with zero attached hydrogens (tertiary/aromatic N) is 1. The summed E-state index contributed by atoms with van der Waals surface area (Å²) in [5.74, 6) is 0. The Morgan fingerprint density at radius 2 is 1.92 bits per heavy atom. The second kappa shape index (κ2) is 6.66. The van der Waals surface area contributed by atoms with Gasteiger partial charge in [-0.05, 0) is 19.3 Å². The van der Waals surface area contributed by atoms with Gasteiger partial charge in [0.25, 0.3) is 0 Å². The molecule has 74 valence electrons. The van der Waals surface area contributed by atoms with Gasteiger partial charge in [0.1, 0.15) is 6.26 Å². The first-order valence-corrected chi connectivity index (χ1v) is 4.93. The van der Waals surface area contributed by atoms with Crippen molar-refractivity contribution in [2.24, 2.45) is 0 Å². The van der Waals surface area contributed by atoms with Crippen molar-refractivity contribution in [2.75, 3.05) is 6.61 Å². The zero-order chi connectivity index (χ0) is 9.36. The molecule has 0 aliphatic carbocycles. The molecule has 1 N–H and O–H groups in total. The van der Waals surface area contributed by atoms with Crippen LogP contribution in [0.15, 0.2) is 16.9 Å². The highest BCUT2D eigenvalue weighted by Crippen LogP contribution is 2.06. The Kier molecular flexibility index (Phi) is 5.25. The summed E-state index contributed by atoms with van der Waals surface area (Å²) in [7, 11) is 0. The third kappa shape index (κ3) is 4.68. The highest BCUT2D eigenvalue weighted by Gasteiger charge is 1.95. The van der Waals surface area contributed by atoms with Gasteiger partial charge in [-0.3, -0.25) is 0 Å². The minimum absolute atomic E-state index is 0.323. The first-order chi connectivity index (χ1) is 6.43. The van der Waals surface area contributed by atoms with E-state index in [0.717, 1.165) is 31.4 Å². The molecule has 0 saturated heterocycles. The van der Waals surface area contributed by atoms with E-state index in [1.165, 1.54) is 12.8 Å². The monoisotopic (exact) mass is 183 g/mol. The predicted molar refractivity (Wildman–Crippen MR) is 50.4 cm³/mol. The molecule has 3 nitrogen and oxygen atoms in total. The van der Waals surface area contributed by atoms with E-state index in [-0.39, 0.29) is 0 Å². The summed E-state index contributed by atoms with van der Waals surface area (Å²) >= 11 is 0. The van der Waals surface area contributed by atoms with Crippen molar-refractivity contribution in [3.8, 4) is 0 Å². The molecule has 0 aromatic carbocycles. The van der Waals surface area contributed by atoms with Crippen LogP contribution in [-0.4, -0.2) is 16.9 Å². The lowest BCUT2D eigenvalue weighted by molar-refractivity contribution is 0.282. The second-order valence-electron chi connectivity index (χ2n) is 3.23. The van der Waals surface area contributed by atoms with Gasteiger partial charge in [0.2, 0.25) is 0 Å². The van der Waals surface area contributed by atoms with E-state index in [9.17, 15) is 0 Å². The van der Waals surface area contributed by atoms with E-state index >= 15 is 0 Å². The fourth-order valence-corrected chi connectivity index (χ4v) is 1.31. The molecule has 0 bridgehead atoms. The van der Waals surface area contributed by atoms with Gasteiger partial charge in [0.15, 0.2) is 0 Å². The largest absolute Gasteiger partial charge is 0.396 e. The highest BCUT2D eigenvalue weighted by atomic mass is 16.5. The molecule has 1 heterocycles. The van der Waals surface area contributed by atoms with E-state index in [4.69, 9.17) is 9.63 Å². The minimum Gasteiger partial charge on any atom is -0.396 e. The summed E-state index contributed by atoms with van der Waals surface area (Å²) in [6, 6.07) is 1.91. The molecule has 0 spiro atoms. The molecule has 1 aromatic heterocycles. The van der Waals surface area contributed by atoms with Crippen LogP contribution in [0.2, 0.25) is 0 Å². The summed E-state index contributed by atoms with van der Waals surface area (Å²) in [6.07, 6.45) is 8.28. The Bertz CT molecular complexity index is 197. The van der Waals surface area contributed by atoms with Gasteiger partial charge in [-0.25, -0.2) is 0 Å². The summed E-state index contributed by atoms with van der Waals surface area (Å²) in [5.41, 5.74) is 1.04. The Balaban J connectivity index is 1.90. The number of aryl methyl sites for hydroxylation is 1. The average Bonchev–Trinajstić information content (AvgIpc) is 2.63. The standard InChI is InChI=1S/C10H17NO2/c12-8-5-3-1-2-4-6-10-7-9-13-11-10/h7,9,12H,1-6,8H2. The van der Waals surface area contributed by atoms with Crippen LogP contribution in [0.1, 0.15) is 37.8 Å². The maximum absolute atomic E-state index is 8.55. The van der Waals surface area contributed by atoms with Crippen molar-refractivity contribution in [3.05, 3.63) is 18.0 Å². The van der Waals surface area contributed by atoms with Crippen molar-refractivity contribution in [2.45, 2.75) is 38.5 Å². The molecule has 3 heteroatoms. The summed E-state index contributed by atoms with van der Waals surface area (Å²) < 4.78 is 4.73. The molecule has 13 heavy (non-hydrogen) atoms. The molecule has 0 amide bonds. The lowest BCUT2D eigenvalue weighted by Crippen LogP contribution is -1.87. The Morgan fingerprint density at radius 3 is 2.62 bits per heavy atom. The molecule has 0 saturated carbocycles. The molecule has 0 atom stereocenters. The Morgan fingerprint density at radius 1 is 1.15 bits per heavy atom. The maximum Gasteiger partial charge on any atom is 0.124 e. The molecule has 0 fully saturated rings. The van der Waals surface area contributed by atoms with Crippen LogP contribution < -0.4 is 0 Å². The van der Waals surface area contributed by atoms with E-state index in [1.807, 2.05) is 6.07 Å². The first-order valence-electron chi connectivity index (χ1n) is 4.93. The zero-order valence-electron chi connectivity index (χ0n) is 7.91. The summed E-state index contributed by atoms with van der Waals surface area (Å²) in [6.45, 7) is 0.323. The van der Waals surface area contributed by atoms with E-state index in [2.05, 4.69) is 5.16 Å². The quantitative estimate of drug-likeness (QED) is 0.659. The normalized spacial score (nSPS) is 10.5. The number of unbranched alkanes of at least 4 members (excludes halogenated alkanes) is 4. The number of aliphatic hydroxyl groups is 1. The lowest BCUT2D eigenvalue weighted by Gasteiger charge is -1.97. The van der Waals surface area contributed by atoms with Gasteiger partial charge >= 0.3 is 0 Å². The molecule has 0 radical (unpaired) electrons. The Labute approximate surface area is 78.7 Å². The number of hydrogen-bond donors (Lipinski definition) is 1. The van der Waals surface area contributed by atoms with Crippen molar-refractivity contribution >= 4 is 0 Å². The molecule has 1 aromatic rings. The van der Waals surface area contributed by atoms with Gasteiger partial charge < -0.3 is 9.63 Å². The van der Waals surface area contributed by atoms with Gasteiger partial charge in [0, 0.05) is 12.7 Å². The minimum atomic E-state index is 0.323. The molecule has 0 aliphatic heterocycles. The van der Waals surface area contributed by atoms with Crippen LogP contribution in [-0.2, 0) is 6.42 Å². The topological polar surface area (TPSA) is 46.3 Å². The van der Waals surface area contributed by atoms with Crippen molar-refractivity contribution in [3.63, 3.8) is 0 Å². The van der Waals surface area contributed by atoms with Gasteiger partial charge in [-0.2, -0.15) is 0 Å².